The zero-order valence-corrected chi connectivity index (χ0v) is 12.6. The lowest BCUT2D eigenvalue weighted by atomic mass is 9.99. The molecule has 1 aliphatic rings. The fraction of sp³-hybridized carbons (Fsp3) is 0.316. The molecule has 0 radical (unpaired) electrons. The molecule has 0 aliphatic carbocycles. The van der Waals surface area contributed by atoms with Gasteiger partial charge in [0.1, 0.15) is 0 Å². The van der Waals surface area contributed by atoms with Gasteiger partial charge in [0, 0.05) is 25.3 Å². The van der Waals surface area contributed by atoms with Crippen molar-refractivity contribution in [2.45, 2.75) is 12.8 Å². The minimum atomic E-state index is -0.00151. The first-order valence-corrected chi connectivity index (χ1v) is 7.85. The molecular weight excluding hydrogens is 274 g/mol. The van der Waals surface area contributed by atoms with Gasteiger partial charge in [0.05, 0.1) is 0 Å². The molecule has 2 aromatic rings. The van der Waals surface area contributed by atoms with Crippen LogP contribution in [0.15, 0.2) is 54.6 Å². The zero-order chi connectivity index (χ0) is 15.2. The number of nitrogens with one attached hydrogen (secondary N) is 1. The third-order valence-electron chi connectivity index (χ3n) is 4.12. The Hall–Kier alpha value is -2.13. The topological polar surface area (TPSA) is 38.3 Å². The summed E-state index contributed by atoms with van der Waals surface area (Å²) in [5.74, 6) is 0.586. The van der Waals surface area contributed by atoms with Gasteiger partial charge in [-0.3, -0.25) is 4.79 Å². The van der Waals surface area contributed by atoms with Crippen LogP contribution in [0.3, 0.4) is 0 Å². The van der Waals surface area contributed by atoms with Crippen LogP contribution in [-0.4, -0.2) is 25.7 Å². The molecule has 1 fully saturated rings. The normalized spacial score (nSPS) is 17.4. The van der Waals surface area contributed by atoms with Crippen LogP contribution >= 0.6 is 0 Å². The molecule has 3 heteroatoms. The van der Waals surface area contributed by atoms with E-state index in [-0.39, 0.29) is 5.91 Å². The number of carbonyl (C=O) groups excluding carboxylic acids is 1. The van der Waals surface area contributed by atoms with E-state index in [0.29, 0.717) is 12.5 Å². The molecule has 1 aliphatic heterocycles. The van der Waals surface area contributed by atoms with E-state index >= 15 is 0 Å². The second-order valence-electron chi connectivity index (χ2n) is 5.69. The van der Waals surface area contributed by atoms with Gasteiger partial charge in [-0.2, -0.15) is 0 Å². The maximum atomic E-state index is 12.5. The highest BCUT2D eigenvalue weighted by atomic mass is 16.5. The molecule has 1 N–H and O–H groups in total. The first-order chi connectivity index (χ1) is 10.8. The van der Waals surface area contributed by atoms with Gasteiger partial charge in [-0.05, 0) is 36.0 Å². The predicted octanol–water partition coefficient (Wildman–Crippen LogP) is 3.51. The van der Waals surface area contributed by atoms with Gasteiger partial charge < -0.3 is 10.1 Å². The highest BCUT2D eigenvalue weighted by Crippen LogP contribution is 2.23. The molecule has 0 spiro atoms. The van der Waals surface area contributed by atoms with Gasteiger partial charge >= 0.3 is 0 Å². The second-order valence-corrected chi connectivity index (χ2v) is 5.69. The fourth-order valence-corrected chi connectivity index (χ4v) is 2.85. The van der Waals surface area contributed by atoms with E-state index < -0.39 is 0 Å². The van der Waals surface area contributed by atoms with Crippen molar-refractivity contribution >= 4 is 5.91 Å². The molecule has 0 bridgehead atoms. The fourth-order valence-electron chi connectivity index (χ4n) is 2.85. The Morgan fingerprint density at radius 2 is 1.86 bits per heavy atom. The summed E-state index contributed by atoms with van der Waals surface area (Å²) < 4.78 is 5.36. The van der Waals surface area contributed by atoms with Crippen molar-refractivity contribution in [3.8, 4) is 11.1 Å². The summed E-state index contributed by atoms with van der Waals surface area (Å²) in [5, 5.41) is 3.04. The molecule has 22 heavy (non-hydrogen) atoms. The van der Waals surface area contributed by atoms with Crippen LogP contribution in [0.5, 0.6) is 0 Å². The SMILES string of the molecule is O=C(NCC[C@@H]1CCOC1)c1ccccc1-c1ccccc1. The summed E-state index contributed by atoms with van der Waals surface area (Å²) in [6, 6.07) is 17.8. The van der Waals surface area contributed by atoms with E-state index in [2.05, 4.69) is 5.32 Å². The monoisotopic (exact) mass is 295 g/mol. The lowest BCUT2D eigenvalue weighted by molar-refractivity contribution is 0.0951. The van der Waals surface area contributed by atoms with Gasteiger partial charge in [-0.1, -0.05) is 48.5 Å². The molecule has 1 heterocycles. The van der Waals surface area contributed by atoms with E-state index in [4.69, 9.17) is 4.74 Å². The molecule has 0 saturated carbocycles. The number of ether oxygens (including phenoxy) is 1. The van der Waals surface area contributed by atoms with E-state index in [1.165, 1.54) is 0 Å². The Morgan fingerprint density at radius 3 is 2.64 bits per heavy atom. The van der Waals surface area contributed by atoms with Crippen molar-refractivity contribution in [1.82, 2.24) is 5.32 Å². The van der Waals surface area contributed by atoms with Crippen molar-refractivity contribution in [1.29, 1.82) is 0 Å². The first kappa shape index (κ1) is 14.8. The summed E-state index contributed by atoms with van der Waals surface area (Å²) in [7, 11) is 0. The van der Waals surface area contributed by atoms with Crippen LogP contribution in [0.25, 0.3) is 11.1 Å². The van der Waals surface area contributed by atoms with Crippen LogP contribution in [0, 0.1) is 5.92 Å². The van der Waals surface area contributed by atoms with Gasteiger partial charge in [0.2, 0.25) is 0 Å². The molecule has 3 nitrogen and oxygen atoms in total. The predicted molar refractivity (Wildman–Crippen MR) is 87.8 cm³/mol. The molecule has 3 rings (SSSR count). The summed E-state index contributed by atoms with van der Waals surface area (Å²) in [5.41, 5.74) is 2.78. The summed E-state index contributed by atoms with van der Waals surface area (Å²) in [6.45, 7) is 2.39. The van der Waals surface area contributed by atoms with Crippen LogP contribution < -0.4 is 5.32 Å². The standard InChI is InChI=1S/C19H21NO2/c21-19(20-12-10-15-11-13-22-14-15)18-9-5-4-8-17(18)16-6-2-1-3-7-16/h1-9,15H,10-14H2,(H,20,21)/t15-/m1/s1. The Kier molecular flexibility index (Phi) is 4.86. The first-order valence-electron chi connectivity index (χ1n) is 7.85. The number of hydrogen-bond donors (Lipinski definition) is 1. The number of hydrogen-bond acceptors (Lipinski definition) is 2. The van der Waals surface area contributed by atoms with Crippen molar-refractivity contribution in [3.63, 3.8) is 0 Å². The minimum Gasteiger partial charge on any atom is -0.381 e. The molecule has 1 atom stereocenters. The van der Waals surface area contributed by atoms with Gasteiger partial charge in [0.25, 0.3) is 5.91 Å². The third-order valence-corrected chi connectivity index (χ3v) is 4.12. The highest BCUT2D eigenvalue weighted by Gasteiger charge is 2.16. The minimum absolute atomic E-state index is 0.00151. The Balaban J connectivity index is 1.67. The van der Waals surface area contributed by atoms with Gasteiger partial charge in [0.15, 0.2) is 0 Å². The van der Waals surface area contributed by atoms with Crippen LogP contribution in [0.2, 0.25) is 0 Å². The van der Waals surface area contributed by atoms with Crippen molar-refractivity contribution in [2.24, 2.45) is 5.92 Å². The van der Waals surface area contributed by atoms with E-state index in [1.807, 2.05) is 54.6 Å². The summed E-state index contributed by atoms with van der Waals surface area (Å²) >= 11 is 0. The molecule has 0 aromatic heterocycles. The Labute approximate surface area is 131 Å². The van der Waals surface area contributed by atoms with Crippen molar-refractivity contribution in [3.05, 3.63) is 60.2 Å². The molecule has 2 aromatic carbocycles. The third kappa shape index (κ3) is 3.55. The van der Waals surface area contributed by atoms with Crippen molar-refractivity contribution in [2.75, 3.05) is 19.8 Å². The number of benzene rings is 2. The average molecular weight is 295 g/mol. The Bertz CT molecular complexity index is 618. The molecule has 0 unspecified atom stereocenters. The van der Waals surface area contributed by atoms with E-state index in [1.54, 1.807) is 0 Å². The second kappa shape index (κ2) is 7.23. The molecule has 1 amide bonds. The summed E-state index contributed by atoms with van der Waals surface area (Å²) in [4.78, 5) is 12.5. The van der Waals surface area contributed by atoms with E-state index in [0.717, 1.165) is 42.7 Å². The summed E-state index contributed by atoms with van der Waals surface area (Å²) in [6.07, 6.45) is 2.09. The maximum absolute atomic E-state index is 12.5. The van der Waals surface area contributed by atoms with Gasteiger partial charge in [-0.25, -0.2) is 0 Å². The number of amides is 1. The number of carbonyl (C=O) groups is 1. The molecule has 114 valence electrons. The van der Waals surface area contributed by atoms with Crippen molar-refractivity contribution < 1.29 is 9.53 Å². The average Bonchev–Trinajstić information content (AvgIpc) is 3.09. The van der Waals surface area contributed by atoms with Crippen LogP contribution in [-0.2, 0) is 4.74 Å². The lowest BCUT2D eigenvalue weighted by Crippen LogP contribution is -2.26. The quantitative estimate of drug-likeness (QED) is 0.916. The smallest absolute Gasteiger partial charge is 0.251 e. The van der Waals surface area contributed by atoms with Gasteiger partial charge in [-0.15, -0.1) is 0 Å². The van der Waals surface area contributed by atoms with Crippen LogP contribution in [0.1, 0.15) is 23.2 Å². The number of rotatable bonds is 5. The molecule has 1 saturated heterocycles. The molecular formula is C19H21NO2. The van der Waals surface area contributed by atoms with E-state index in [9.17, 15) is 4.79 Å². The lowest BCUT2D eigenvalue weighted by Gasteiger charge is -2.12. The Morgan fingerprint density at radius 1 is 1.09 bits per heavy atom. The highest BCUT2D eigenvalue weighted by molar-refractivity contribution is 6.00. The maximum Gasteiger partial charge on any atom is 0.251 e. The largest absolute Gasteiger partial charge is 0.381 e. The van der Waals surface area contributed by atoms with Crippen LogP contribution in [0.4, 0.5) is 0 Å². The zero-order valence-electron chi connectivity index (χ0n) is 12.6.